The van der Waals surface area contributed by atoms with Crippen LogP contribution in [0.4, 0.5) is 0 Å². The Kier molecular flexibility index (Phi) is 4.08. The van der Waals surface area contributed by atoms with E-state index in [9.17, 15) is 16.8 Å². The number of hydrogen-bond acceptors (Lipinski definition) is 5. The van der Waals surface area contributed by atoms with Gasteiger partial charge in [0.2, 0.25) is 0 Å². The zero-order valence-electron chi connectivity index (χ0n) is 8.88. The molecule has 1 aromatic rings. The van der Waals surface area contributed by atoms with Crippen LogP contribution in [-0.2, 0) is 20.2 Å². The highest BCUT2D eigenvalue weighted by atomic mass is 32.2. The molecule has 0 saturated heterocycles. The summed E-state index contributed by atoms with van der Waals surface area (Å²) in [7, 11) is -9.27. The van der Waals surface area contributed by atoms with Crippen molar-refractivity contribution in [2.45, 2.75) is 5.25 Å². The number of hydrogen-bond donors (Lipinski definition) is 2. The molecule has 0 fully saturated rings. The second-order valence-corrected chi connectivity index (χ2v) is 6.58. The molecule has 1 rings (SSSR count). The van der Waals surface area contributed by atoms with Gasteiger partial charge in [0.1, 0.15) is 5.25 Å². The van der Waals surface area contributed by atoms with E-state index in [0.29, 0.717) is 0 Å². The molecule has 2 N–H and O–H groups in total. The van der Waals surface area contributed by atoms with E-state index in [1.54, 1.807) is 6.07 Å². The van der Waals surface area contributed by atoms with Crippen molar-refractivity contribution in [1.29, 1.82) is 5.26 Å². The Labute approximate surface area is 104 Å². The summed E-state index contributed by atoms with van der Waals surface area (Å²) in [6.07, 6.45) is 0. The minimum absolute atomic E-state index is 0.0332. The van der Waals surface area contributed by atoms with E-state index in [4.69, 9.17) is 14.4 Å². The first-order chi connectivity index (χ1) is 8.13. The largest absolute Gasteiger partial charge is 0.285 e. The van der Waals surface area contributed by atoms with Crippen LogP contribution in [0.1, 0.15) is 16.4 Å². The summed E-state index contributed by atoms with van der Waals surface area (Å²) < 4.78 is 61.2. The van der Waals surface area contributed by atoms with Crippen LogP contribution in [-0.4, -0.2) is 31.7 Å². The molecular formula is C9H9NO6S2. The SMILES string of the molecule is N#Cc1ccc(C(CS(=O)(=O)O)S(=O)(=O)O)cc1. The summed E-state index contributed by atoms with van der Waals surface area (Å²) in [5, 5.41) is 6.77. The maximum absolute atomic E-state index is 11.1. The molecule has 0 amide bonds. The van der Waals surface area contributed by atoms with Crippen molar-refractivity contribution < 1.29 is 25.9 Å². The number of nitriles is 1. The second kappa shape index (κ2) is 5.03. The van der Waals surface area contributed by atoms with E-state index < -0.39 is 31.2 Å². The Morgan fingerprint density at radius 3 is 1.94 bits per heavy atom. The van der Waals surface area contributed by atoms with Gasteiger partial charge in [0, 0.05) is 0 Å². The van der Waals surface area contributed by atoms with Gasteiger partial charge in [0.05, 0.1) is 17.4 Å². The van der Waals surface area contributed by atoms with E-state index in [-0.39, 0.29) is 11.1 Å². The van der Waals surface area contributed by atoms with Crippen molar-refractivity contribution in [3.05, 3.63) is 35.4 Å². The van der Waals surface area contributed by atoms with Crippen LogP contribution in [0.15, 0.2) is 24.3 Å². The summed E-state index contributed by atoms with van der Waals surface area (Å²) in [6, 6.07) is 6.74. The van der Waals surface area contributed by atoms with Gasteiger partial charge in [-0.05, 0) is 17.7 Å². The summed E-state index contributed by atoms with van der Waals surface area (Å²) in [5.74, 6) is -1.16. The van der Waals surface area contributed by atoms with Crippen LogP contribution in [0.3, 0.4) is 0 Å². The first-order valence-corrected chi connectivity index (χ1v) is 7.66. The van der Waals surface area contributed by atoms with Crippen molar-refractivity contribution in [1.82, 2.24) is 0 Å². The number of benzene rings is 1. The van der Waals surface area contributed by atoms with E-state index in [1.807, 2.05) is 0 Å². The van der Waals surface area contributed by atoms with E-state index in [2.05, 4.69) is 0 Å². The van der Waals surface area contributed by atoms with Crippen LogP contribution < -0.4 is 0 Å². The molecule has 0 aliphatic rings. The lowest BCUT2D eigenvalue weighted by Crippen LogP contribution is -2.21. The van der Waals surface area contributed by atoms with Gasteiger partial charge in [0.15, 0.2) is 0 Å². The number of nitrogens with zero attached hydrogens (tertiary/aromatic N) is 1. The minimum atomic E-state index is -4.69. The summed E-state index contributed by atoms with van der Waals surface area (Å²) >= 11 is 0. The molecule has 0 spiro atoms. The number of rotatable bonds is 4. The van der Waals surface area contributed by atoms with Crippen LogP contribution in [0.25, 0.3) is 0 Å². The maximum Gasteiger partial charge on any atom is 0.273 e. The molecule has 0 aliphatic heterocycles. The topological polar surface area (TPSA) is 133 Å². The molecule has 9 heteroatoms. The zero-order valence-corrected chi connectivity index (χ0v) is 10.5. The Morgan fingerprint density at radius 1 is 1.11 bits per heavy atom. The van der Waals surface area contributed by atoms with Gasteiger partial charge in [-0.25, -0.2) is 0 Å². The van der Waals surface area contributed by atoms with E-state index >= 15 is 0 Å². The average molecular weight is 291 g/mol. The minimum Gasteiger partial charge on any atom is -0.285 e. The summed E-state index contributed by atoms with van der Waals surface area (Å²) in [5.41, 5.74) is 0.216. The smallest absolute Gasteiger partial charge is 0.273 e. The Hall–Kier alpha value is -1.47. The molecule has 18 heavy (non-hydrogen) atoms. The lowest BCUT2D eigenvalue weighted by atomic mass is 10.1. The molecule has 0 aromatic heterocycles. The molecule has 0 radical (unpaired) electrons. The predicted octanol–water partition coefficient (Wildman–Crippen LogP) is 0.375. The Bertz CT molecular complexity index is 669. The molecule has 7 nitrogen and oxygen atoms in total. The molecule has 1 unspecified atom stereocenters. The van der Waals surface area contributed by atoms with Crippen LogP contribution >= 0.6 is 0 Å². The molecule has 0 saturated carbocycles. The van der Waals surface area contributed by atoms with Gasteiger partial charge < -0.3 is 0 Å². The Balaban J connectivity index is 3.23. The maximum atomic E-state index is 11.1. The fraction of sp³-hybridized carbons (Fsp3) is 0.222. The summed E-state index contributed by atoms with van der Waals surface area (Å²) in [4.78, 5) is 0. The van der Waals surface area contributed by atoms with Crippen molar-refractivity contribution in [3.8, 4) is 6.07 Å². The molecule has 0 heterocycles. The lowest BCUT2D eigenvalue weighted by molar-refractivity contribution is 0.459. The van der Waals surface area contributed by atoms with Gasteiger partial charge >= 0.3 is 0 Å². The van der Waals surface area contributed by atoms with Crippen LogP contribution in [0.2, 0.25) is 0 Å². The van der Waals surface area contributed by atoms with Gasteiger partial charge in [-0.2, -0.15) is 22.1 Å². The third-order valence-corrected chi connectivity index (χ3v) is 4.26. The molecule has 0 aliphatic carbocycles. The third-order valence-electron chi connectivity index (χ3n) is 2.13. The zero-order chi connectivity index (χ0) is 14.0. The lowest BCUT2D eigenvalue weighted by Gasteiger charge is -2.12. The molecular weight excluding hydrogens is 282 g/mol. The fourth-order valence-corrected chi connectivity index (χ4v) is 3.60. The van der Waals surface area contributed by atoms with Crippen LogP contribution in [0, 0.1) is 11.3 Å². The van der Waals surface area contributed by atoms with Gasteiger partial charge in [0.25, 0.3) is 20.2 Å². The van der Waals surface area contributed by atoms with Crippen LogP contribution in [0.5, 0.6) is 0 Å². The van der Waals surface area contributed by atoms with Crippen molar-refractivity contribution in [2.24, 2.45) is 0 Å². The standard InChI is InChI=1S/C9H9NO6S2/c10-5-7-1-3-8(4-2-7)9(18(14,15)16)6-17(11,12)13/h1-4,9H,6H2,(H,11,12,13)(H,14,15,16). The average Bonchev–Trinajstić information content (AvgIpc) is 2.24. The first kappa shape index (κ1) is 14.6. The highest BCUT2D eigenvalue weighted by Gasteiger charge is 2.30. The van der Waals surface area contributed by atoms with Crippen molar-refractivity contribution in [2.75, 3.05) is 5.75 Å². The quantitative estimate of drug-likeness (QED) is 0.766. The fourth-order valence-electron chi connectivity index (χ4n) is 1.32. The first-order valence-electron chi connectivity index (χ1n) is 4.55. The van der Waals surface area contributed by atoms with Gasteiger partial charge in [-0.1, -0.05) is 12.1 Å². The highest BCUT2D eigenvalue weighted by molar-refractivity contribution is 7.89. The monoisotopic (exact) mass is 291 g/mol. The normalized spacial score (nSPS) is 13.8. The van der Waals surface area contributed by atoms with Crippen molar-refractivity contribution in [3.63, 3.8) is 0 Å². The van der Waals surface area contributed by atoms with Crippen molar-refractivity contribution >= 4 is 20.2 Å². The second-order valence-electron chi connectivity index (χ2n) is 3.49. The molecule has 1 atom stereocenters. The Morgan fingerprint density at radius 2 is 1.61 bits per heavy atom. The van der Waals surface area contributed by atoms with Gasteiger partial charge in [-0.3, -0.25) is 9.11 Å². The highest BCUT2D eigenvalue weighted by Crippen LogP contribution is 2.23. The third kappa shape index (κ3) is 4.08. The molecule has 98 valence electrons. The van der Waals surface area contributed by atoms with Gasteiger partial charge in [-0.15, -0.1) is 0 Å². The van der Waals surface area contributed by atoms with E-state index in [0.717, 1.165) is 0 Å². The van der Waals surface area contributed by atoms with E-state index in [1.165, 1.54) is 24.3 Å². The molecule has 0 bridgehead atoms. The molecule has 1 aromatic carbocycles. The summed E-state index contributed by atoms with van der Waals surface area (Å²) in [6.45, 7) is 0. The predicted molar refractivity (Wildman–Crippen MR) is 61.9 cm³/mol.